The van der Waals surface area contributed by atoms with Gasteiger partial charge in [-0.25, -0.2) is 4.98 Å². The SMILES string of the molecule is CN1CCCC1CCNC(=O)c1c(=O)c2ccc(N3CCCC3)nc2n2c1sc1ccccc12. The third-order valence-electron chi connectivity index (χ3n) is 7.37. The minimum atomic E-state index is -0.291. The number of aromatic nitrogens is 2. The zero-order valence-corrected chi connectivity index (χ0v) is 20.2. The summed E-state index contributed by atoms with van der Waals surface area (Å²) in [5.74, 6) is 0.603. The van der Waals surface area contributed by atoms with Gasteiger partial charge < -0.3 is 15.1 Å². The van der Waals surface area contributed by atoms with Crippen molar-refractivity contribution in [1.82, 2.24) is 19.6 Å². The number of carbonyl (C=O) groups excluding carboxylic acids is 1. The van der Waals surface area contributed by atoms with Gasteiger partial charge >= 0.3 is 0 Å². The van der Waals surface area contributed by atoms with Gasteiger partial charge in [0.2, 0.25) is 5.43 Å². The third-order valence-corrected chi connectivity index (χ3v) is 8.51. The first-order valence-corrected chi connectivity index (χ1v) is 13.0. The predicted molar refractivity (Wildman–Crippen MR) is 138 cm³/mol. The number of para-hydroxylation sites is 1. The number of amides is 1. The Bertz CT molecular complexity index is 1450. The first-order valence-electron chi connectivity index (χ1n) is 12.2. The van der Waals surface area contributed by atoms with E-state index in [0.29, 0.717) is 28.5 Å². The van der Waals surface area contributed by atoms with Crippen molar-refractivity contribution in [2.24, 2.45) is 0 Å². The molecule has 0 radical (unpaired) electrons. The number of carbonyl (C=O) groups is 1. The van der Waals surface area contributed by atoms with Crippen LogP contribution in [0.25, 0.3) is 26.1 Å². The Morgan fingerprint density at radius 1 is 1.12 bits per heavy atom. The molecule has 2 fully saturated rings. The molecule has 34 heavy (non-hydrogen) atoms. The number of nitrogens with zero attached hydrogens (tertiary/aromatic N) is 4. The van der Waals surface area contributed by atoms with E-state index < -0.39 is 0 Å². The highest BCUT2D eigenvalue weighted by Crippen LogP contribution is 2.31. The van der Waals surface area contributed by atoms with Gasteiger partial charge in [0.25, 0.3) is 5.91 Å². The van der Waals surface area contributed by atoms with Crippen LogP contribution in [0.5, 0.6) is 0 Å². The van der Waals surface area contributed by atoms with Crippen LogP contribution in [0, 0.1) is 0 Å². The van der Waals surface area contributed by atoms with Gasteiger partial charge in [-0.2, -0.15) is 0 Å². The largest absolute Gasteiger partial charge is 0.357 e. The quantitative estimate of drug-likeness (QED) is 0.474. The molecule has 2 aliphatic rings. The van der Waals surface area contributed by atoms with Gasteiger partial charge in [-0.1, -0.05) is 12.1 Å². The minimum Gasteiger partial charge on any atom is -0.357 e. The average molecular weight is 476 g/mol. The first kappa shape index (κ1) is 21.6. The lowest BCUT2D eigenvalue weighted by molar-refractivity contribution is 0.0951. The van der Waals surface area contributed by atoms with Crippen molar-refractivity contribution in [2.45, 2.75) is 38.1 Å². The number of benzene rings is 1. The summed E-state index contributed by atoms with van der Waals surface area (Å²) in [5, 5.41) is 3.53. The molecule has 7 nitrogen and oxygen atoms in total. The molecule has 0 bridgehead atoms. The van der Waals surface area contributed by atoms with Crippen LogP contribution in [-0.2, 0) is 0 Å². The summed E-state index contributed by atoms with van der Waals surface area (Å²) in [6, 6.07) is 12.3. The van der Waals surface area contributed by atoms with E-state index in [9.17, 15) is 9.59 Å². The zero-order chi connectivity index (χ0) is 23.2. The molecule has 4 aromatic rings. The van der Waals surface area contributed by atoms with E-state index in [4.69, 9.17) is 4.98 Å². The normalized spacial score (nSPS) is 19.1. The number of pyridine rings is 2. The molecule has 0 aliphatic carbocycles. The molecule has 1 atom stereocenters. The van der Waals surface area contributed by atoms with Gasteiger partial charge in [0.05, 0.1) is 15.6 Å². The number of likely N-dealkylation sites (tertiary alicyclic amines) is 1. The van der Waals surface area contributed by atoms with Crippen molar-refractivity contribution >= 4 is 49.1 Å². The Kier molecular flexibility index (Phi) is 5.50. The number of fused-ring (bicyclic) bond motifs is 5. The fourth-order valence-corrected chi connectivity index (χ4v) is 6.67. The highest BCUT2D eigenvalue weighted by atomic mass is 32.1. The molecular weight excluding hydrogens is 446 g/mol. The summed E-state index contributed by atoms with van der Waals surface area (Å²) < 4.78 is 3.04. The molecule has 3 aromatic heterocycles. The van der Waals surface area contributed by atoms with Crippen LogP contribution in [0.1, 0.15) is 42.5 Å². The smallest absolute Gasteiger partial charge is 0.258 e. The van der Waals surface area contributed by atoms with Gasteiger partial charge in [0.1, 0.15) is 16.2 Å². The highest BCUT2D eigenvalue weighted by Gasteiger charge is 2.25. The van der Waals surface area contributed by atoms with Crippen LogP contribution in [0.15, 0.2) is 41.2 Å². The molecule has 1 aromatic carbocycles. The summed E-state index contributed by atoms with van der Waals surface area (Å²) in [6.07, 6.45) is 5.58. The second-order valence-electron chi connectivity index (χ2n) is 9.47. The predicted octanol–water partition coefficient (Wildman–Crippen LogP) is 3.88. The molecule has 1 amide bonds. The number of anilines is 1. The van der Waals surface area contributed by atoms with Crippen LogP contribution >= 0.6 is 11.3 Å². The van der Waals surface area contributed by atoms with Gasteiger partial charge in [0.15, 0.2) is 5.65 Å². The van der Waals surface area contributed by atoms with Crippen LogP contribution in [0.4, 0.5) is 5.82 Å². The van der Waals surface area contributed by atoms with Crippen LogP contribution < -0.4 is 15.6 Å². The molecule has 2 aliphatic heterocycles. The van der Waals surface area contributed by atoms with Crippen LogP contribution in [-0.4, -0.2) is 59.5 Å². The lowest BCUT2D eigenvalue weighted by Gasteiger charge is -2.19. The summed E-state index contributed by atoms with van der Waals surface area (Å²) in [5.41, 5.74) is 1.59. The Hall–Kier alpha value is -2.97. The second-order valence-corrected chi connectivity index (χ2v) is 10.5. The molecule has 1 N–H and O–H groups in total. The molecule has 176 valence electrons. The van der Waals surface area contributed by atoms with Crippen LogP contribution in [0.2, 0.25) is 0 Å². The van der Waals surface area contributed by atoms with E-state index in [1.807, 2.05) is 40.8 Å². The van der Waals surface area contributed by atoms with E-state index in [1.165, 1.54) is 17.8 Å². The van der Waals surface area contributed by atoms with Crippen molar-refractivity contribution in [3.8, 4) is 0 Å². The van der Waals surface area contributed by atoms with E-state index in [2.05, 4.69) is 22.2 Å². The van der Waals surface area contributed by atoms with Crippen LogP contribution in [0.3, 0.4) is 0 Å². The maximum Gasteiger partial charge on any atom is 0.258 e. The number of hydrogen-bond acceptors (Lipinski definition) is 6. The van der Waals surface area contributed by atoms with Gasteiger partial charge in [-0.15, -0.1) is 11.3 Å². The van der Waals surface area contributed by atoms with E-state index in [0.717, 1.165) is 61.4 Å². The summed E-state index contributed by atoms with van der Waals surface area (Å²) in [6.45, 7) is 3.64. The summed E-state index contributed by atoms with van der Waals surface area (Å²) in [4.78, 5) is 37.2. The maximum absolute atomic E-state index is 13.6. The Morgan fingerprint density at radius 2 is 1.94 bits per heavy atom. The van der Waals surface area contributed by atoms with E-state index in [1.54, 1.807) is 0 Å². The molecule has 0 spiro atoms. The fourth-order valence-electron chi connectivity index (χ4n) is 5.49. The highest BCUT2D eigenvalue weighted by molar-refractivity contribution is 7.24. The van der Waals surface area contributed by atoms with Crippen molar-refractivity contribution in [2.75, 3.05) is 38.1 Å². The molecule has 8 heteroatoms. The molecule has 5 heterocycles. The van der Waals surface area contributed by atoms with Gasteiger partial charge in [-0.05, 0) is 70.0 Å². The van der Waals surface area contributed by atoms with Crippen molar-refractivity contribution in [1.29, 1.82) is 0 Å². The average Bonchev–Trinajstić information content (AvgIpc) is 3.59. The van der Waals surface area contributed by atoms with Crippen molar-refractivity contribution in [3.05, 3.63) is 52.2 Å². The first-order chi connectivity index (χ1) is 16.6. The van der Waals surface area contributed by atoms with E-state index in [-0.39, 0.29) is 16.9 Å². The maximum atomic E-state index is 13.6. The molecular formula is C26H29N5O2S. The lowest BCUT2D eigenvalue weighted by Crippen LogP contribution is -2.34. The van der Waals surface area contributed by atoms with Crippen molar-refractivity contribution < 1.29 is 4.79 Å². The number of nitrogens with one attached hydrogen (secondary N) is 1. The van der Waals surface area contributed by atoms with E-state index >= 15 is 0 Å². The molecule has 0 saturated carbocycles. The monoisotopic (exact) mass is 475 g/mol. The number of rotatable bonds is 5. The lowest BCUT2D eigenvalue weighted by atomic mass is 10.1. The molecule has 6 rings (SSSR count). The summed E-state index contributed by atoms with van der Waals surface area (Å²) >= 11 is 1.48. The second kappa shape index (κ2) is 8.67. The standard InChI is InChI=1S/C26H29N5O2S/c1-29-14-6-7-17(29)12-13-27-25(33)22-23(32)18-10-11-21(30-15-4-5-16-30)28-24(18)31-19-8-2-3-9-20(19)34-26(22)31/h2-3,8-11,17H,4-7,12-16H2,1H3,(H,27,33). The zero-order valence-electron chi connectivity index (χ0n) is 19.4. The Balaban J connectivity index is 1.46. The third kappa shape index (κ3) is 3.56. The Morgan fingerprint density at radius 3 is 2.74 bits per heavy atom. The van der Waals surface area contributed by atoms with Crippen molar-refractivity contribution in [3.63, 3.8) is 0 Å². The minimum absolute atomic E-state index is 0.226. The van der Waals surface area contributed by atoms with Gasteiger partial charge in [0, 0.05) is 25.7 Å². The fraction of sp³-hybridized carbons (Fsp3) is 0.423. The molecule has 1 unspecified atom stereocenters. The van der Waals surface area contributed by atoms with Gasteiger partial charge in [-0.3, -0.25) is 14.0 Å². The topological polar surface area (TPSA) is 70.0 Å². The summed E-state index contributed by atoms with van der Waals surface area (Å²) in [7, 11) is 2.14. The number of hydrogen-bond donors (Lipinski definition) is 1. The Labute approximate surface area is 202 Å². The molecule has 2 saturated heterocycles. The number of thiazole rings is 1.